The number of aromatic nitrogens is 2. The predicted molar refractivity (Wildman–Crippen MR) is 114 cm³/mol. The van der Waals surface area contributed by atoms with Gasteiger partial charge >= 0.3 is 0 Å². The molecule has 3 aromatic rings. The van der Waals surface area contributed by atoms with Gasteiger partial charge in [0.1, 0.15) is 11.6 Å². The minimum Gasteiger partial charge on any atom is -0.345 e. The number of rotatable bonds is 8. The van der Waals surface area contributed by atoms with Crippen molar-refractivity contribution in [3.8, 4) is 17.3 Å². The van der Waals surface area contributed by atoms with Crippen molar-refractivity contribution in [2.24, 2.45) is 0 Å². The van der Waals surface area contributed by atoms with Crippen LogP contribution >= 0.6 is 0 Å². The fraction of sp³-hybridized carbons (Fsp3) is 0.227. The number of carbonyl (C=O) groups is 1. The summed E-state index contributed by atoms with van der Waals surface area (Å²) in [5.41, 5.74) is 2.79. The molecule has 8 heteroatoms. The Morgan fingerprint density at radius 2 is 1.87 bits per heavy atom. The number of benzene rings is 2. The lowest BCUT2D eigenvalue weighted by atomic mass is 10.2. The molecule has 0 aliphatic rings. The third kappa shape index (κ3) is 5.55. The Hall–Kier alpha value is -3.44. The van der Waals surface area contributed by atoms with Crippen molar-refractivity contribution >= 4 is 15.7 Å². The van der Waals surface area contributed by atoms with Crippen LogP contribution in [-0.2, 0) is 20.4 Å². The first-order valence-electron chi connectivity index (χ1n) is 9.49. The highest BCUT2D eigenvalue weighted by Gasteiger charge is 2.22. The molecule has 7 nitrogen and oxygen atoms in total. The Morgan fingerprint density at radius 3 is 2.50 bits per heavy atom. The second-order valence-electron chi connectivity index (χ2n) is 6.92. The molecule has 1 heterocycles. The summed E-state index contributed by atoms with van der Waals surface area (Å²) in [5.74, 6) is -0.875. The fourth-order valence-electron chi connectivity index (χ4n) is 3.06. The first-order chi connectivity index (χ1) is 14.4. The normalized spacial score (nSPS) is 12.1. The zero-order valence-corrected chi connectivity index (χ0v) is 17.3. The highest BCUT2D eigenvalue weighted by Crippen LogP contribution is 2.20. The molecule has 3 rings (SSSR count). The van der Waals surface area contributed by atoms with Crippen LogP contribution in [0.1, 0.15) is 36.3 Å². The van der Waals surface area contributed by atoms with Crippen molar-refractivity contribution < 1.29 is 13.2 Å². The summed E-state index contributed by atoms with van der Waals surface area (Å²) in [6.45, 7) is 1.89. The van der Waals surface area contributed by atoms with Crippen molar-refractivity contribution in [2.75, 3.05) is 5.75 Å². The van der Waals surface area contributed by atoms with Gasteiger partial charge in [-0.25, -0.2) is 13.4 Å². The van der Waals surface area contributed by atoms with Crippen molar-refractivity contribution in [3.05, 3.63) is 77.7 Å². The van der Waals surface area contributed by atoms with Crippen LogP contribution in [0.4, 0.5) is 0 Å². The Morgan fingerprint density at radius 1 is 1.17 bits per heavy atom. The van der Waals surface area contributed by atoms with E-state index in [9.17, 15) is 13.2 Å². The number of hydrogen-bond acceptors (Lipinski definition) is 5. The second-order valence-corrected chi connectivity index (χ2v) is 8.98. The number of nitriles is 1. The molecule has 0 aliphatic heterocycles. The van der Waals surface area contributed by atoms with Crippen LogP contribution in [0.5, 0.6) is 0 Å². The van der Waals surface area contributed by atoms with Gasteiger partial charge in [0.15, 0.2) is 9.84 Å². The smallest absolute Gasteiger partial charge is 0.235 e. The summed E-state index contributed by atoms with van der Waals surface area (Å²) in [6, 6.07) is 17.5. The highest BCUT2D eigenvalue weighted by molar-refractivity contribution is 7.91. The number of imidazole rings is 1. The lowest BCUT2D eigenvalue weighted by Crippen LogP contribution is -2.34. The molecule has 0 aliphatic carbocycles. The van der Waals surface area contributed by atoms with Crippen molar-refractivity contribution in [3.63, 3.8) is 0 Å². The van der Waals surface area contributed by atoms with Crippen molar-refractivity contribution in [1.29, 1.82) is 5.26 Å². The van der Waals surface area contributed by atoms with Gasteiger partial charge in [0.25, 0.3) is 0 Å². The summed E-state index contributed by atoms with van der Waals surface area (Å²) in [5, 5.41) is 11.6. The quantitative estimate of drug-likeness (QED) is 0.579. The van der Waals surface area contributed by atoms with E-state index in [2.05, 4.69) is 15.3 Å². The zero-order valence-electron chi connectivity index (χ0n) is 16.5. The van der Waals surface area contributed by atoms with Crippen LogP contribution in [-0.4, -0.2) is 30.0 Å². The SMILES string of the molecule is CCC(NC(=O)CS(=O)(=O)Cc1ccc(C#N)cc1)c1ncc(-c2ccccc2)[nH]1. The molecule has 0 saturated heterocycles. The third-order valence-electron chi connectivity index (χ3n) is 4.57. The number of hydrogen-bond donors (Lipinski definition) is 2. The van der Waals surface area contributed by atoms with E-state index < -0.39 is 27.5 Å². The molecule has 1 atom stereocenters. The maximum absolute atomic E-state index is 12.4. The van der Waals surface area contributed by atoms with E-state index in [-0.39, 0.29) is 5.75 Å². The van der Waals surface area contributed by atoms with Gasteiger partial charge in [-0.2, -0.15) is 5.26 Å². The van der Waals surface area contributed by atoms with Gasteiger partial charge in [-0.05, 0) is 29.7 Å². The van der Waals surface area contributed by atoms with Gasteiger partial charge in [0.05, 0.1) is 35.3 Å². The zero-order chi connectivity index (χ0) is 21.6. The molecule has 1 aromatic heterocycles. The molecule has 1 amide bonds. The lowest BCUT2D eigenvalue weighted by molar-refractivity contribution is -0.119. The van der Waals surface area contributed by atoms with E-state index >= 15 is 0 Å². The molecular weight excluding hydrogens is 400 g/mol. The maximum atomic E-state index is 12.4. The third-order valence-corrected chi connectivity index (χ3v) is 6.05. The Balaban J connectivity index is 1.63. The molecule has 0 spiro atoms. The molecule has 1 unspecified atom stereocenters. The molecule has 0 radical (unpaired) electrons. The first kappa shape index (κ1) is 21.3. The van der Waals surface area contributed by atoms with Gasteiger partial charge in [-0.15, -0.1) is 0 Å². The average molecular weight is 423 g/mol. The summed E-state index contributed by atoms with van der Waals surface area (Å²) in [4.78, 5) is 19.9. The topological polar surface area (TPSA) is 116 Å². The van der Waals surface area contributed by atoms with E-state index in [1.807, 2.05) is 43.3 Å². The largest absolute Gasteiger partial charge is 0.345 e. The van der Waals surface area contributed by atoms with E-state index in [1.54, 1.807) is 30.5 Å². The Kier molecular flexibility index (Phi) is 6.65. The van der Waals surface area contributed by atoms with Crippen LogP contribution in [0.25, 0.3) is 11.3 Å². The minimum absolute atomic E-state index is 0.262. The van der Waals surface area contributed by atoms with E-state index in [0.717, 1.165) is 11.3 Å². The Bertz CT molecular complexity index is 1150. The maximum Gasteiger partial charge on any atom is 0.235 e. The molecule has 0 bridgehead atoms. The van der Waals surface area contributed by atoms with Gasteiger partial charge in [-0.1, -0.05) is 49.4 Å². The van der Waals surface area contributed by atoms with E-state index in [0.29, 0.717) is 23.4 Å². The van der Waals surface area contributed by atoms with E-state index in [1.165, 1.54) is 0 Å². The summed E-state index contributed by atoms with van der Waals surface area (Å²) in [7, 11) is -3.65. The van der Waals surface area contributed by atoms with Gasteiger partial charge in [0.2, 0.25) is 5.91 Å². The van der Waals surface area contributed by atoms with Gasteiger partial charge in [0, 0.05) is 0 Å². The molecule has 2 aromatic carbocycles. The van der Waals surface area contributed by atoms with Gasteiger partial charge < -0.3 is 10.3 Å². The lowest BCUT2D eigenvalue weighted by Gasteiger charge is -2.15. The number of carbonyl (C=O) groups excluding carboxylic acids is 1. The summed E-state index contributed by atoms with van der Waals surface area (Å²) < 4.78 is 24.8. The number of H-pyrrole nitrogens is 1. The van der Waals surface area contributed by atoms with Crippen LogP contribution in [0.2, 0.25) is 0 Å². The van der Waals surface area contributed by atoms with E-state index in [4.69, 9.17) is 5.26 Å². The number of nitrogens with zero attached hydrogens (tertiary/aromatic N) is 2. The number of sulfone groups is 1. The van der Waals surface area contributed by atoms with Gasteiger partial charge in [-0.3, -0.25) is 4.79 Å². The first-order valence-corrected chi connectivity index (χ1v) is 11.3. The van der Waals surface area contributed by atoms with Crippen LogP contribution in [0.15, 0.2) is 60.8 Å². The molecule has 0 fully saturated rings. The minimum atomic E-state index is -3.65. The van der Waals surface area contributed by atoms with Crippen LogP contribution < -0.4 is 5.32 Å². The monoisotopic (exact) mass is 422 g/mol. The molecule has 0 saturated carbocycles. The second kappa shape index (κ2) is 9.37. The molecule has 30 heavy (non-hydrogen) atoms. The highest BCUT2D eigenvalue weighted by atomic mass is 32.2. The predicted octanol–water partition coefficient (Wildman–Crippen LogP) is 3.13. The van der Waals surface area contributed by atoms with Crippen molar-refractivity contribution in [2.45, 2.75) is 25.1 Å². The van der Waals surface area contributed by atoms with Crippen molar-refractivity contribution in [1.82, 2.24) is 15.3 Å². The Labute approximate surface area is 175 Å². The standard InChI is InChI=1S/C22H22N4O3S/c1-2-19(22-24-13-20(26-22)18-6-4-3-5-7-18)25-21(27)15-30(28,29)14-17-10-8-16(12-23)9-11-17/h3-11,13,19H,2,14-15H2,1H3,(H,24,26)(H,25,27). The van der Waals surface area contributed by atoms with Crippen LogP contribution in [0.3, 0.4) is 0 Å². The molecule has 154 valence electrons. The summed E-state index contributed by atoms with van der Waals surface area (Å²) in [6.07, 6.45) is 2.25. The number of amides is 1. The number of aromatic amines is 1. The number of nitrogens with one attached hydrogen (secondary N) is 2. The van der Waals surface area contributed by atoms with Crippen LogP contribution in [0, 0.1) is 11.3 Å². The fourth-order valence-corrected chi connectivity index (χ4v) is 4.34. The summed E-state index contributed by atoms with van der Waals surface area (Å²) >= 11 is 0. The molecule has 2 N–H and O–H groups in total. The average Bonchev–Trinajstić information content (AvgIpc) is 3.22. The molecular formula is C22H22N4O3S.